The molecule has 0 atom stereocenters. The van der Waals surface area contributed by atoms with Gasteiger partial charge in [0.2, 0.25) is 5.82 Å². The molecular weight excluding hydrogens is 318 g/mol. The van der Waals surface area contributed by atoms with Crippen LogP contribution in [0.5, 0.6) is 0 Å². The summed E-state index contributed by atoms with van der Waals surface area (Å²) < 4.78 is 2.40. The van der Waals surface area contributed by atoms with Gasteiger partial charge in [-0.25, -0.2) is 9.97 Å². The number of hydrogen-bond donors (Lipinski definition) is 0. The molecule has 2 aliphatic rings. The third kappa shape index (κ3) is 2.99. The van der Waals surface area contributed by atoms with Gasteiger partial charge in [0.15, 0.2) is 0 Å². The molecule has 0 saturated carbocycles. The lowest BCUT2D eigenvalue weighted by atomic mass is 9.95. The van der Waals surface area contributed by atoms with Crippen molar-refractivity contribution in [1.29, 1.82) is 0 Å². The molecule has 4 rings (SSSR count). The summed E-state index contributed by atoms with van der Waals surface area (Å²) in [5, 5.41) is 11.3. The Balaban J connectivity index is 1.52. The van der Waals surface area contributed by atoms with Crippen molar-refractivity contribution in [2.45, 2.75) is 51.5 Å². The summed E-state index contributed by atoms with van der Waals surface area (Å²) in [6.07, 6.45) is 7.58. The largest absolute Gasteiger partial charge is 0.351 e. The number of anilines is 1. The van der Waals surface area contributed by atoms with Crippen molar-refractivity contribution in [3.05, 3.63) is 45.7 Å². The zero-order chi connectivity index (χ0) is 17.4. The van der Waals surface area contributed by atoms with Gasteiger partial charge in [-0.3, -0.25) is 10.1 Å². The number of piperidine rings is 1. The third-order valence-corrected chi connectivity index (χ3v) is 5.38. The molecule has 0 radical (unpaired) electrons. The van der Waals surface area contributed by atoms with Crippen LogP contribution in [0.3, 0.4) is 0 Å². The number of rotatable bonds is 3. The first kappa shape index (κ1) is 16.1. The minimum Gasteiger partial charge on any atom is -0.351 e. The fourth-order valence-corrected chi connectivity index (χ4v) is 4.05. The maximum atomic E-state index is 11.3. The van der Waals surface area contributed by atoms with Crippen LogP contribution in [0, 0.1) is 17.0 Å². The van der Waals surface area contributed by atoms with Crippen LogP contribution in [0.25, 0.3) is 0 Å². The zero-order valence-electron chi connectivity index (χ0n) is 14.5. The predicted octanol–water partition coefficient (Wildman–Crippen LogP) is 3.22. The van der Waals surface area contributed by atoms with Gasteiger partial charge in [-0.05, 0) is 45.1 Å². The van der Waals surface area contributed by atoms with Gasteiger partial charge in [0, 0.05) is 49.2 Å². The van der Waals surface area contributed by atoms with Crippen molar-refractivity contribution in [2.75, 3.05) is 18.0 Å². The summed E-state index contributed by atoms with van der Waals surface area (Å²) >= 11 is 0. The Morgan fingerprint density at radius 2 is 2.00 bits per heavy atom. The Labute approximate surface area is 146 Å². The first-order valence-corrected chi connectivity index (χ1v) is 9.05. The van der Waals surface area contributed by atoms with Gasteiger partial charge in [0.25, 0.3) is 0 Å². The highest BCUT2D eigenvalue weighted by molar-refractivity contribution is 5.58. The molecule has 1 fully saturated rings. The van der Waals surface area contributed by atoms with Crippen molar-refractivity contribution in [2.24, 2.45) is 0 Å². The van der Waals surface area contributed by atoms with Crippen LogP contribution in [0.1, 0.15) is 48.8 Å². The number of imidazole rings is 1. The highest BCUT2D eigenvalue weighted by Gasteiger charge is 2.29. The summed E-state index contributed by atoms with van der Waals surface area (Å²) in [5.41, 5.74) is 2.27. The Kier molecular flexibility index (Phi) is 4.15. The van der Waals surface area contributed by atoms with Crippen molar-refractivity contribution in [3.63, 3.8) is 0 Å². The fourth-order valence-electron chi connectivity index (χ4n) is 4.05. The lowest BCUT2D eigenvalue weighted by molar-refractivity contribution is -0.384. The number of fused-ring (bicyclic) bond motifs is 1. The van der Waals surface area contributed by atoms with E-state index in [1.54, 1.807) is 12.1 Å². The van der Waals surface area contributed by atoms with E-state index in [0.29, 0.717) is 11.7 Å². The number of nitro groups is 1. The quantitative estimate of drug-likeness (QED) is 0.633. The molecule has 0 bridgehead atoms. The van der Waals surface area contributed by atoms with E-state index in [9.17, 15) is 10.1 Å². The number of aryl methyl sites for hydroxylation is 2. The van der Waals surface area contributed by atoms with E-state index in [1.807, 2.05) is 13.1 Å². The highest BCUT2D eigenvalue weighted by Crippen LogP contribution is 2.34. The maximum absolute atomic E-state index is 11.3. The molecule has 2 aromatic heterocycles. The molecule has 0 aliphatic carbocycles. The molecular formula is C18H23N5O2. The average Bonchev–Trinajstić information content (AvgIpc) is 3.05. The Morgan fingerprint density at radius 3 is 2.76 bits per heavy atom. The zero-order valence-corrected chi connectivity index (χ0v) is 14.5. The van der Waals surface area contributed by atoms with Gasteiger partial charge in [0.05, 0.1) is 4.92 Å². The van der Waals surface area contributed by atoms with E-state index in [4.69, 9.17) is 4.98 Å². The van der Waals surface area contributed by atoms with E-state index >= 15 is 0 Å². The maximum Gasteiger partial charge on any atom is 0.311 e. The Morgan fingerprint density at radius 1 is 1.20 bits per heavy atom. The Bertz CT molecular complexity index is 793. The van der Waals surface area contributed by atoms with E-state index < -0.39 is 0 Å². The van der Waals surface area contributed by atoms with Gasteiger partial charge >= 0.3 is 5.69 Å². The number of nitrogens with zero attached hydrogens (tertiary/aromatic N) is 5. The highest BCUT2D eigenvalue weighted by atomic mass is 16.6. The molecule has 7 nitrogen and oxygen atoms in total. The van der Waals surface area contributed by atoms with E-state index in [1.165, 1.54) is 24.4 Å². The fraction of sp³-hybridized carbons (Fsp3) is 0.556. The van der Waals surface area contributed by atoms with Crippen LogP contribution >= 0.6 is 0 Å². The third-order valence-electron chi connectivity index (χ3n) is 5.38. The molecule has 4 heterocycles. The standard InChI is InChI=1S/C18H23N5O2/c1-13-5-6-16(23(24)25)18(20-13)21-10-7-14(8-11-21)17-19-12-15-4-2-3-9-22(15)17/h5-6,12,14H,2-4,7-11H2,1H3. The minimum atomic E-state index is -0.334. The molecule has 0 amide bonds. The number of pyridine rings is 1. The first-order chi connectivity index (χ1) is 12.1. The summed E-state index contributed by atoms with van der Waals surface area (Å²) in [7, 11) is 0. The van der Waals surface area contributed by atoms with Crippen molar-refractivity contribution in [1.82, 2.24) is 14.5 Å². The second kappa shape index (κ2) is 6.46. The van der Waals surface area contributed by atoms with Gasteiger partial charge in [0.1, 0.15) is 5.82 Å². The van der Waals surface area contributed by atoms with E-state index in [-0.39, 0.29) is 10.6 Å². The lowest BCUT2D eigenvalue weighted by Gasteiger charge is -2.33. The molecule has 2 aliphatic heterocycles. The molecule has 0 spiro atoms. The molecule has 2 aromatic rings. The van der Waals surface area contributed by atoms with Gasteiger partial charge < -0.3 is 9.47 Å². The van der Waals surface area contributed by atoms with Crippen molar-refractivity contribution in [3.8, 4) is 0 Å². The SMILES string of the molecule is Cc1ccc([N+](=O)[O-])c(N2CCC(c3ncc4n3CCCC4)CC2)n1. The van der Waals surface area contributed by atoms with E-state index in [0.717, 1.165) is 44.6 Å². The number of hydrogen-bond acceptors (Lipinski definition) is 5. The summed E-state index contributed by atoms with van der Waals surface area (Å²) in [6, 6.07) is 3.26. The number of aromatic nitrogens is 3. The predicted molar refractivity (Wildman–Crippen MR) is 95.0 cm³/mol. The van der Waals surface area contributed by atoms with Gasteiger partial charge in [-0.2, -0.15) is 0 Å². The smallest absolute Gasteiger partial charge is 0.311 e. The average molecular weight is 341 g/mol. The summed E-state index contributed by atoms with van der Waals surface area (Å²) in [4.78, 5) is 22.2. The molecule has 25 heavy (non-hydrogen) atoms. The van der Waals surface area contributed by atoms with Crippen LogP contribution in [0.15, 0.2) is 18.3 Å². The second-order valence-electron chi connectivity index (χ2n) is 7.03. The first-order valence-electron chi connectivity index (χ1n) is 9.05. The lowest BCUT2D eigenvalue weighted by Crippen LogP contribution is -2.35. The second-order valence-corrected chi connectivity index (χ2v) is 7.03. The summed E-state index contributed by atoms with van der Waals surface area (Å²) in [6.45, 7) is 4.51. The monoisotopic (exact) mass is 341 g/mol. The summed E-state index contributed by atoms with van der Waals surface area (Å²) in [5.74, 6) is 2.15. The normalized spacial score (nSPS) is 18.2. The van der Waals surface area contributed by atoms with Gasteiger partial charge in [-0.1, -0.05) is 0 Å². The molecule has 1 saturated heterocycles. The molecule has 7 heteroatoms. The van der Waals surface area contributed by atoms with Crippen molar-refractivity contribution >= 4 is 11.5 Å². The molecule has 0 N–H and O–H groups in total. The van der Waals surface area contributed by atoms with Crippen LogP contribution in [-0.4, -0.2) is 32.5 Å². The molecule has 0 unspecified atom stereocenters. The minimum absolute atomic E-state index is 0.0993. The Hall–Kier alpha value is -2.44. The van der Waals surface area contributed by atoms with Crippen LogP contribution < -0.4 is 4.90 Å². The van der Waals surface area contributed by atoms with Crippen LogP contribution in [0.4, 0.5) is 11.5 Å². The molecule has 0 aromatic carbocycles. The van der Waals surface area contributed by atoms with Crippen molar-refractivity contribution < 1.29 is 4.92 Å². The molecule has 132 valence electrons. The van der Waals surface area contributed by atoms with Gasteiger partial charge in [-0.15, -0.1) is 0 Å². The van der Waals surface area contributed by atoms with Crippen LogP contribution in [-0.2, 0) is 13.0 Å². The topological polar surface area (TPSA) is 77.1 Å². The van der Waals surface area contributed by atoms with Crippen LogP contribution in [0.2, 0.25) is 0 Å². The van der Waals surface area contributed by atoms with E-state index in [2.05, 4.69) is 14.5 Å².